The summed E-state index contributed by atoms with van der Waals surface area (Å²) in [5.41, 5.74) is 10.3. The van der Waals surface area contributed by atoms with E-state index in [2.05, 4.69) is 14.9 Å². The number of nitrogens with zero attached hydrogens (tertiary/aromatic N) is 5. The van der Waals surface area contributed by atoms with Crippen LogP contribution in [-0.4, -0.2) is 49.9 Å². The SMILES string of the molecule is [N-]=[N+]=NC[C@H]1CN(c2ccc(N3CCSCC3)cc2)C(=O)O1. The third-order valence-electron chi connectivity index (χ3n) is 3.76. The quantitative estimate of drug-likeness (QED) is 0.485. The van der Waals surface area contributed by atoms with Gasteiger partial charge >= 0.3 is 6.09 Å². The first-order valence-corrected chi connectivity index (χ1v) is 8.35. The third-order valence-corrected chi connectivity index (χ3v) is 4.70. The molecule has 8 heteroatoms. The molecule has 2 aliphatic rings. The standard InChI is InChI=1S/C14H17N5O2S/c15-17-16-9-13-10-19(14(20)21-13)12-3-1-11(2-4-12)18-5-7-22-8-6-18/h1-4,13H,5-10H2/t13-/m0/s1. The number of carbonyl (C=O) groups is 1. The lowest BCUT2D eigenvalue weighted by Gasteiger charge is -2.28. The molecule has 2 saturated heterocycles. The number of azide groups is 1. The van der Waals surface area contributed by atoms with Gasteiger partial charge in [-0.25, -0.2) is 4.79 Å². The van der Waals surface area contributed by atoms with Crippen molar-refractivity contribution in [1.29, 1.82) is 0 Å². The highest BCUT2D eigenvalue weighted by Crippen LogP contribution is 2.26. The first kappa shape index (κ1) is 14.9. The monoisotopic (exact) mass is 319 g/mol. The van der Waals surface area contributed by atoms with Crippen LogP contribution in [-0.2, 0) is 4.74 Å². The van der Waals surface area contributed by atoms with Gasteiger partial charge in [0.05, 0.1) is 13.1 Å². The fourth-order valence-corrected chi connectivity index (χ4v) is 3.52. The highest BCUT2D eigenvalue weighted by Gasteiger charge is 2.31. The maximum absolute atomic E-state index is 11.9. The van der Waals surface area contributed by atoms with Crippen LogP contribution in [0.2, 0.25) is 0 Å². The van der Waals surface area contributed by atoms with E-state index in [1.54, 1.807) is 4.90 Å². The van der Waals surface area contributed by atoms with Crippen LogP contribution in [0, 0.1) is 0 Å². The molecule has 22 heavy (non-hydrogen) atoms. The number of hydrogen-bond donors (Lipinski definition) is 0. The van der Waals surface area contributed by atoms with Gasteiger partial charge in [0, 0.05) is 40.9 Å². The predicted molar refractivity (Wildman–Crippen MR) is 87.6 cm³/mol. The molecule has 2 fully saturated rings. The molecule has 116 valence electrons. The van der Waals surface area contributed by atoms with Crippen molar-refractivity contribution in [3.05, 3.63) is 34.7 Å². The van der Waals surface area contributed by atoms with E-state index in [4.69, 9.17) is 10.3 Å². The third kappa shape index (κ3) is 3.23. The van der Waals surface area contributed by atoms with Crippen LogP contribution in [0.4, 0.5) is 16.2 Å². The molecule has 0 saturated carbocycles. The average Bonchev–Trinajstić information content (AvgIpc) is 2.95. The molecular formula is C14H17N5O2S. The lowest BCUT2D eigenvalue weighted by Crippen LogP contribution is -2.32. The average molecular weight is 319 g/mol. The van der Waals surface area contributed by atoms with E-state index in [9.17, 15) is 4.79 Å². The van der Waals surface area contributed by atoms with E-state index in [0.29, 0.717) is 6.54 Å². The van der Waals surface area contributed by atoms with E-state index in [1.165, 1.54) is 5.69 Å². The van der Waals surface area contributed by atoms with Crippen molar-refractivity contribution in [2.24, 2.45) is 5.11 Å². The molecule has 7 nitrogen and oxygen atoms in total. The molecule has 2 aliphatic heterocycles. The van der Waals surface area contributed by atoms with Crippen LogP contribution in [0.15, 0.2) is 29.4 Å². The Morgan fingerprint density at radius 3 is 2.64 bits per heavy atom. The van der Waals surface area contributed by atoms with Gasteiger partial charge in [-0.1, -0.05) is 5.11 Å². The van der Waals surface area contributed by atoms with Crippen molar-refractivity contribution in [2.75, 3.05) is 47.5 Å². The first-order valence-electron chi connectivity index (χ1n) is 7.19. The van der Waals surface area contributed by atoms with E-state index < -0.39 is 0 Å². The fourth-order valence-electron chi connectivity index (χ4n) is 2.62. The smallest absolute Gasteiger partial charge is 0.414 e. The van der Waals surface area contributed by atoms with Crippen LogP contribution in [0.3, 0.4) is 0 Å². The van der Waals surface area contributed by atoms with Gasteiger partial charge in [-0.05, 0) is 29.8 Å². The summed E-state index contributed by atoms with van der Waals surface area (Å²) in [4.78, 5) is 18.5. The number of ether oxygens (including phenoxy) is 1. The summed E-state index contributed by atoms with van der Waals surface area (Å²) in [5.74, 6) is 2.31. The van der Waals surface area contributed by atoms with E-state index in [1.807, 2.05) is 36.0 Å². The first-order chi connectivity index (χ1) is 10.8. The van der Waals surface area contributed by atoms with Crippen LogP contribution < -0.4 is 9.80 Å². The van der Waals surface area contributed by atoms with Crippen molar-refractivity contribution < 1.29 is 9.53 Å². The van der Waals surface area contributed by atoms with E-state index in [0.717, 1.165) is 30.3 Å². The molecule has 0 spiro atoms. The van der Waals surface area contributed by atoms with Crippen molar-refractivity contribution >= 4 is 29.2 Å². The lowest BCUT2D eigenvalue weighted by molar-refractivity contribution is 0.145. The molecule has 0 N–H and O–H groups in total. The van der Waals surface area contributed by atoms with Gasteiger partial charge in [0.25, 0.3) is 0 Å². The summed E-state index contributed by atoms with van der Waals surface area (Å²) in [6.07, 6.45) is -0.762. The highest BCUT2D eigenvalue weighted by atomic mass is 32.2. The van der Waals surface area contributed by atoms with Gasteiger partial charge in [0.15, 0.2) is 0 Å². The second-order valence-electron chi connectivity index (χ2n) is 5.15. The minimum atomic E-state index is -0.389. The summed E-state index contributed by atoms with van der Waals surface area (Å²) >= 11 is 1.98. The van der Waals surface area contributed by atoms with Crippen molar-refractivity contribution in [3.63, 3.8) is 0 Å². The number of amides is 1. The summed E-state index contributed by atoms with van der Waals surface area (Å²) in [5, 5.41) is 3.46. The van der Waals surface area contributed by atoms with Gasteiger partial charge < -0.3 is 9.64 Å². The number of anilines is 2. The molecule has 2 heterocycles. The summed E-state index contributed by atoms with van der Waals surface area (Å²) in [6, 6.07) is 7.96. The molecule has 0 unspecified atom stereocenters. The topological polar surface area (TPSA) is 81.5 Å². The van der Waals surface area contributed by atoms with E-state index >= 15 is 0 Å². The molecule has 3 rings (SSSR count). The number of cyclic esters (lactones) is 1. The zero-order valence-corrected chi connectivity index (χ0v) is 12.9. The Morgan fingerprint density at radius 1 is 1.27 bits per heavy atom. The van der Waals surface area contributed by atoms with Gasteiger partial charge in [-0.3, -0.25) is 4.90 Å². The van der Waals surface area contributed by atoms with Gasteiger partial charge in [0.2, 0.25) is 0 Å². The van der Waals surface area contributed by atoms with Crippen LogP contribution in [0.25, 0.3) is 10.4 Å². The molecule has 0 aromatic heterocycles. The Balaban J connectivity index is 1.67. The minimum Gasteiger partial charge on any atom is -0.444 e. The Hall–Kier alpha value is -2.05. The Kier molecular flexibility index (Phi) is 4.60. The molecule has 1 atom stereocenters. The molecule has 1 amide bonds. The molecule has 0 radical (unpaired) electrons. The zero-order valence-electron chi connectivity index (χ0n) is 12.1. The maximum Gasteiger partial charge on any atom is 0.414 e. The van der Waals surface area contributed by atoms with Gasteiger partial charge in [-0.15, -0.1) is 0 Å². The molecule has 1 aromatic carbocycles. The normalized spacial score (nSPS) is 21.5. The fraction of sp³-hybridized carbons (Fsp3) is 0.500. The van der Waals surface area contributed by atoms with Crippen molar-refractivity contribution in [1.82, 2.24) is 0 Å². The van der Waals surface area contributed by atoms with Crippen molar-refractivity contribution in [2.45, 2.75) is 6.10 Å². The summed E-state index contributed by atoms with van der Waals surface area (Å²) in [6.45, 7) is 2.70. The zero-order chi connectivity index (χ0) is 15.4. The van der Waals surface area contributed by atoms with E-state index in [-0.39, 0.29) is 18.7 Å². The van der Waals surface area contributed by atoms with Crippen LogP contribution in [0.5, 0.6) is 0 Å². The number of carbonyl (C=O) groups excluding carboxylic acids is 1. The predicted octanol–water partition coefficient (Wildman–Crippen LogP) is 2.88. The Bertz CT molecular complexity index is 581. The number of thioether (sulfide) groups is 1. The number of rotatable bonds is 4. The van der Waals surface area contributed by atoms with Crippen LogP contribution in [0.1, 0.15) is 0 Å². The molecule has 0 aliphatic carbocycles. The highest BCUT2D eigenvalue weighted by molar-refractivity contribution is 7.99. The Morgan fingerprint density at radius 2 is 1.95 bits per heavy atom. The Labute approximate surface area is 132 Å². The summed E-state index contributed by atoms with van der Waals surface area (Å²) in [7, 11) is 0. The molecule has 0 bridgehead atoms. The summed E-state index contributed by atoms with van der Waals surface area (Å²) < 4.78 is 5.19. The molecular weight excluding hydrogens is 302 g/mol. The largest absolute Gasteiger partial charge is 0.444 e. The second-order valence-corrected chi connectivity index (χ2v) is 6.37. The van der Waals surface area contributed by atoms with Gasteiger partial charge in [-0.2, -0.15) is 11.8 Å². The minimum absolute atomic E-state index is 0.169. The van der Waals surface area contributed by atoms with Gasteiger partial charge in [0.1, 0.15) is 6.10 Å². The van der Waals surface area contributed by atoms with Crippen molar-refractivity contribution in [3.8, 4) is 0 Å². The molecule has 1 aromatic rings. The van der Waals surface area contributed by atoms with Crippen LogP contribution >= 0.6 is 11.8 Å². The number of benzene rings is 1. The lowest BCUT2D eigenvalue weighted by atomic mass is 10.2. The second kappa shape index (κ2) is 6.81. The number of hydrogen-bond acceptors (Lipinski definition) is 5. The maximum atomic E-state index is 11.9.